The molecule has 0 aromatic heterocycles. The Labute approximate surface area is 68.1 Å². The maximum atomic E-state index is 8.89. The van der Waals surface area contributed by atoms with Gasteiger partial charge in [-0.15, -0.1) is 0 Å². The third-order valence-corrected chi connectivity index (χ3v) is 0. The molecule has 0 amide bonds. The monoisotopic (exact) mass is 212 g/mol. The van der Waals surface area contributed by atoms with Gasteiger partial charge in [0, 0.05) is 5.97 Å². The van der Waals surface area contributed by atoms with Crippen molar-refractivity contribution in [1.29, 1.82) is 0 Å². The summed E-state index contributed by atoms with van der Waals surface area (Å²) < 4.78 is 0. The molecule has 0 fully saturated rings. The maximum absolute atomic E-state index is 8.89. The summed E-state index contributed by atoms with van der Waals surface area (Å²) >= 11 is 0. The fourth-order valence-electron chi connectivity index (χ4n) is 0. The minimum Gasteiger partial charge on any atom is -0.550 e. The van der Waals surface area contributed by atoms with Crippen LogP contribution in [0.4, 0.5) is 0 Å². The van der Waals surface area contributed by atoms with E-state index in [1.807, 2.05) is 0 Å². The molecule has 0 rings (SSSR count). The average Bonchev–Trinajstić information content (AvgIpc) is 0.811. The van der Waals surface area contributed by atoms with E-state index in [0.717, 1.165) is 6.92 Å². The molecule has 0 heterocycles. The molecule has 0 aliphatic heterocycles. The van der Waals surface area contributed by atoms with Crippen LogP contribution >= 0.6 is 0 Å². The van der Waals surface area contributed by atoms with Gasteiger partial charge in [0.1, 0.15) is 0 Å². The van der Waals surface area contributed by atoms with Crippen molar-refractivity contribution in [3.05, 3.63) is 0 Å². The molecular formula is C2H13CuO7+. The van der Waals surface area contributed by atoms with E-state index < -0.39 is 5.97 Å². The molecule has 10 N–H and O–H groups in total. The van der Waals surface area contributed by atoms with Gasteiger partial charge in [0.15, 0.2) is 0 Å². The summed E-state index contributed by atoms with van der Waals surface area (Å²) in [6.45, 7) is 0.972. The number of carboxylic acid groups (broad SMARTS) is 1. The van der Waals surface area contributed by atoms with E-state index in [-0.39, 0.29) is 44.4 Å². The number of carbonyl (C=O) groups excluding carboxylic acids is 1. The smallest absolute Gasteiger partial charge is 0.550 e. The second-order valence-corrected chi connectivity index (χ2v) is 0.492. The number of hydrogen-bond donors (Lipinski definition) is 0. The van der Waals surface area contributed by atoms with Crippen molar-refractivity contribution in [2.45, 2.75) is 6.92 Å². The van der Waals surface area contributed by atoms with Crippen LogP contribution in [-0.4, -0.2) is 33.4 Å². The minimum atomic E-state index is -1.08. The topological polar surface area (TPSA) is 198 Å². The Balaban J connectivity index is -0.00000000300. The van der Waals surface area contributed by atoms with E-state index in [4.69, 9.17) is 9.90 Å². The number of carbonyl (C=O) groups is 1. The number of hydrogen-bond acceptors (Lipinski definition) is 2. The van der Waals surface area contributed by atoms with Crippen molar-refractivity contribution in [3.63, 3.8) is 0 Å². The molecular weight excluding hydrogens is 200 g/mol. The number of carboxylic acids is 1. The Morgan fingerprint density at radius 2 is 1.00 bits per heavy atom. The van der Waals surface area contributed by atoms with E-state index >= 15 is 0 Å². The molecule has 0 aliphatic rings. The summed E-state index contributed by atoms with van der Waals surface area (Å²) in [5.41, 5.74) is 0. The summed E-state index contributed by atoms with van der Waals surface area (Å²) in [5.74, 6) is -1.08. The summed E-state index contributed by atoms with van der Waals surface area (Å²) in [6.07, 6.45) is 0. The Kier molecular flexibility index (Phi) is 666. The molecule has 0 unspecified atom stereocenters. The van der Waals surface area contributed by atoms with Gasteiger partial charge in [-0.25, -0.2) is 0 Å². The SMILES string of the molecule is CC(=O)[O-].O.O.O.O.O.[Cu+2]. The van der Waals surface area contributed by atoms with Crippen LogP contribution in [0.1, 0.15) is 6.92 Å². The van der Waals surface area contributed by atoms with Gasteiger partial charge in [0.2, 0.25) is 0 Å². The van der Waals surface area contributed by atoms with E-state index in [9.17, 15) is 0 Å². The standard InChI is InChI=1S/C2H4O2.Cu.5H2O/c1-2(3)4;;;;;;/h1H3,(H,3,4);;5*1H2/q;+2;;;;;/p-1. The summed E-state index contributed by atoms with van der Waals surface area (Å²) in [4.78, 5) is 8.89. The van der Waals surface area contributed by atoms with Crippen LogP contribution in [0, 0.1) is 0 Å². The van der Waals surface area contributed by atoms with Gasteiger partial charge in [-0.3, -0.25) is 0 Å². The Morgan fingerprint density at radius 1 is 1.00 bits per heavy atom. The summed E-state index contributed by atoms with van der Waals surface area (Å²) in [6, 6.07) is 0. The molecule has 7 nitrogen and oxygen atoms in total. The zero-order chi connectivity index (χ0) is 3.58. The van der Waals surface area contributed by atoms with Crippen LogP contribution in [0.25, 0.3) is 0 Å². The van der Waals surface area contributed by atoms with Gasteiger partial charge in [-0.05, 0) is 6.92 Å². The number of rotatable bonds is 0. The van der Waals surface area contributed by atoms with Crippen LogP contribution in [-0.2, 0) is 21.9 Å². The Morgan fingerprint density at radius 3 is 1.00 bits per heavy atom. The van der Waals surface area contributed by atoms with Crippen LogP contribution in [0.3, 0.4) is 0 Å². The average molecular weight is 213 g/mol. The first-order valence-electron chi connectivity index (χ1n) is 0.908. The van der Waals surface area contributed by atoms with Crippen molar-refractivity contribution in [1.82, 2.24) is 0 Å². The third-order valence-electron chi connectivity index (χ3n) is 0. The van der Waals surface area contributed by atoms with Gasteiger partial charge >= 0.3 is 17.1 Å². The molecule has 73 valence electrons. The van der Waals surface area contributed by atoms with Crippen molar-refractivity contribution in [2.75, 3.05) is 0 Å². The third kappa shape index (κ3) is 8100. The van der Waals surface area contributed by atoms with Crippen LogP contribution in [0.5, 0.6) is 0 Å². The molecule has 0 aromatic carbocycles. The molecule has 0 aliphatic carbocycles. The van der Waals surface area contributed by atoms with E-state index in [0.29, 0.717) is 0 Å². The molecule has 10 heavy (non-hydrogen) atoms. The Hall–Kier alpha value is -0.211. The molecule has 0 aromatic rings. The van der Waals surface area contributed by atoms with Crippen molar-refractivity contribution in [2.24, 2.45) is 0 Å². The van der Waals surface area contributed by atoms with E-state index in [1.54, 1.807) is 0 Å². The van der Waals surface area contributed by atoms with Gasteiger partial charge in [0.05, 0.1) is 0 Å². The molecule has 8 heteroatoms. The van der Waals surface area contributed by atoms with Crippen molar-refractivity contribution < 1.29 is 54.4 Å². The molecule has 0 bridgehead atoms. The van der Waals surface area contributed by atoms with E-state index in [1.165, 1.54) is 0 Å². The molecule has 1 radical (unpaired) electrons. The first-order valence-corrected chi connectivity index (χ1v) is 0.908. The zero-order valence-corrected chi connectivity index (χ0v) is 6.06. The number of aliphatic carboxylic acids is 1. The van der Waals surface area contributed by atoms with Gasteiger partial charge in [0.25, 0.3) is 0 Å². The van der Waals surface area contributed by atoms with Gasteiger partial charge < -0.3 is 37.3 Å². The van der Waals surface area contributed by atoms with Crippen LogP contribution < -0.4 is 5.11 Å². The molecule has 0 spiro atoms. The Bertz CT molecular complexity index is 34.6. The summed E-state index contributed by atoms with van der Waals surface area (Å²) in [7, 11) is 0. The molecule has 0 saturated heterocycles. The first kappa shape index (κ1) is 97.2. The second kappa shape index (κ2) is 68.5. The van der Waals surface area contributed by atoms with Crippen molar-refractivity contribution >= 4 is 5.97 Å². The van der Waals surface area contributed by atoms with Crippen LogP contribution in [0.2, 0.25) is 0 Å². The molecule has 0 saturated carbocycles. The van der Waals surface area contributed by atoms with E-state index in [2.05, 4.69) is 0 Å². The maximum Gasteiger partial charge on any atom is 2.00 e. The normalized spacial score (nSPS) is 2.50. The summed E-state index contributed by atoms with van der Waals surface area (Å²) in [5, 5.41) is 8.89. The largest absolute Gasteiger partial charge is 2.00 e. The van der Waals surface area contributed by atoms with Crippen LogP contribution in [0.15, 0.2) is 0 Å². The molecule has 0 atom stereocenters. The fourth-order valence-corrected chi connectivity index (χ4v) is 0. The van der Waals surface area contributed by atoms with Crippen molar-refractivity contribution in [3.8, 4) is 0 Å². The minimum absolute atomic E-state index is 0. The van der Waals surface area contributed by atoms with Gasteiger partial charge in [-0.2, -0.15) is 0 Å². The fraction of sp³-hybridized carbons (Fsp3) is 0.500. The first-order chi connectivity index (χ1) is 1.73. The quantitative estimate of drug-likeness (QED) is 0.361. The second-order valence-electron chi connectivity index (χ2n) is 0.492. The zero-order valence-electron chi connectivity index (χ0n) is 5.12. The predicted molar refractivity (Wildman–Crippen MR) is 28.8 cm³/mol. The predicted octanol–water partition coefficient (Wildman–Crippen LogP) is -5.37. The van der Waals surface area contributed by atoms with Gasteiger partial charge in [-0.1, -0.05) is 0 Å².